The van der Waals surface area contributed by atoms with Crippen LogP contribution >= 0.6 is 0 Å². The molecule has 0 spiro atoms. The van der Waals surface area contributed by atoms with Crippen LogP contribution in [-0.4, -0.2) is 17.1 Å². The van der Waals surface area contributed by atoms with E-state index in [0.717, 1.165) is 5.56 Å². The molecule has 1 heterocycles. The van der Waals surface area contributed by atoms with E-state index in [1.165, 1.54) is 25.7 Å². The number of carbonyl (C=O) groups is 1. The van der Waals surface area contributed by atoms with Gasteiger partial charge in [-0.2, -0.15) is 0 Å². The highest BCUT2D eigenvalue weighted by atomic mass is 16.4. The minimum absolute atomic E-state index is 0.0284. The van der Waals surface area contributed by atoms with Crippen LogP contribution in [0.2, 0.25) is 0 Å². The molecule has 16 heavy (non-hydrogen) atoms. The summed E-state index contributed by atoms with van der Waals surface area (Å²) in [6, 6.07) is 2.20. The molecule has 2 N–H and O–H groups in total. The second-order valence-electron chi connectivity index (χ2n) is 4.36. The number of aromatic carboxylic acids is 1. The zero-order valence-electron chi connectivity index (χ0n) is 9.45. The Morgan fingerprint density at radius 1 is 1.56 bits per heavy atom. The first-order chi connectivity index (χ1) is 7.66. The van der Waals surface area contributed by atoms with Gasteiger partial charge in [0.05, 0.1) is 0 Å². The van der Waals surface area contributed by atoms with Gasteiger partial charge in [0.25, 0.3) is 0 Å². The fraction of sp³-hybridized carbons (Fsp3) is 0.583. The molecule has 1 aliphatic carbocycles. The number of carboxylic acid groups (broad SMARTS) is 1. The van der Waals surface area contributed by atoms with E-state index in [2.05, 4.69) is 5.32 Å². The van der Waals surface area contributed by atoms with Crippen LogP contribution in [0.1, 0.15) is 47.6 Å². The lowest BCUT2D eigenvalue weighted by molar-refractivity contribution is 0.0661. The molecular weight excluding hydrogens is 206 g/mol. The van der Waals surface area contributed by atoms with Crippen LogP contribution in [0.5, 0.6) is 0 Å². The maximum absolute atomic E-state index is 10.7. The van der Waals surface area contributed by atoms with E-state index in [-0.39, 0.29) is 5.76 Å². The predicted octanol–water partition coefficient (Wildman–Crippen LogP) is 2.32. The molecule has 0 saturated heterocycles. The lowest BCUT2D eigenvalue weighted by Crippen LogP contribution is -2.25. The zero-order chi connectivity index (χ0) is 11.5. The van der Waals surface area contributed by atoms with Gasteiger partial charge in [-0.05, 0) is 25.8 Å². The van der Waals surface area contributed by atoms with Crippen LogP contribution in [0.15, 0.2) is 10.5 Å². The molecule has 0 bridgehead atoms. The Kier molecular flexibility index (Phi) is 3.29. The van der Waals surface area contributed by atoms with E-state index in [4.69, 9.17) is 9.52 Å². The molecule has 0 amide bonds. The Bertz CT molecular complexity index is 378. The summed E-state index contributed by atoms with van der Waals surface area (Å²) in [5.74, 6) is -0.279. The summed E-state index contributed by atoms with van der Waals surface area (Å²) in [4.78, 5) is 10.7. The van der Waals surface area contributed by atoms with Gasteiger partial charge in [0, 0.05) is 18.2 Å². The van der Waals surface area contributed by atoms with Gasteiger partial charge >= 0.3 is 5.97 Å². The largest absolute Gasteiger partial charge is 0.475 e. The van der Waals surface area contributed by atoms with Crippen LogP contribution in [0.4, 0.5) is 0 Å². The van der Waals surface area contributed by atoms with Crippen molar-refractivity contribution in [3.05, 3.63) is 23.2 Å². The van der Waals surface area contributed by atoms with Crippen LogP contribution < -0.4 is 5.32 Å². The highest BCUT2D eigenvalue weighted by molar-refractivity contribution is 5.84. The number of hydrogen-bond donors (Lipinski definition) is 2. The summed E-state index contributed by atoms with van der Waals surface area (Å²) in [7, 11) is 0. The normalized spacial score (nSPS) is 16.8. The minimum Gasteiger partial charge on any atom is -0.475 e. The third kappa shape index (κ3) is 2.44. The number of hydrogen-bond acceptors (Lipinski definition) is 3. The molecule has 1 aromatic rings. The Morgan fingerprint density at radius 2 is 2.25 bits per heavy atom. The Morgan fingerprint density at radius 3 is 2.81 bits per heavy atom. The Labute approximate surface area is 94.6 Å². The number of aryl methyl sites for hydroxylation is 1. The lowest BCUT2D eigenvalue weighted by atomic mass is 10.2. The average Bonchev–Trinajstić information content (AvgIpc) is 2.84. The third-order valence-corrected chi connectivity index (χ3v) is 3.17. The maximum atomic E-state index is 10.7. The van der Waals surface area contributed by atoms with Gasteiger partial charge in [-0.3, -0.25) is 0 Å². The summed E-state index contributed by atoms with van der Waals surface area (Å²) in [6.45, 7) is 2.51. The minimum atomic E-state index is -1.00. The molecule has 1 aliphatic rings. The molecule has 0 radical (unpaired) electrons. The maximum Gasteiger partial charge on any atom is 0.371 e. The van der Waals surface area contributed by atoms with Crippen molar-refractivity contribution in [3.63, 3.8) is 0 Å². The summed E-state index contributed by atoms with van der Waals surface area (Å²) in [6.07, 6.45) is 5.04. The number of rotatable bonds is 4. The standard InChI is InChI=1S/C12H17NO3/c1-8-9(6-11(16-8)12(14)15)7-13-10-4-2-3-5-10/h6,10,13H,2-5,7H2,1H3,(H,14,15). The molecule has 0 unspecified atom stereocenters. The first-order valence-corrected chi connectivity index (χ1v) is 5.73. The lowest BCUT2D eigenvalue weighted by Gasteiger charge is -2.10. The van der Waals surface area contributed by atoms with Crippen molar-refractivity contribution in [2.75, 3.05) is 0 Å². The van der Waals surface area contributed by atoms with Gasteiger partial charge in [0.15, 0.2) is 0 Å². The second kappa shape index (κ2) is 4.70. The van der Waals surface area contributed by atoms with Crippen molar-refractivity contribution >= 4 is 5.97 Å². The SMILES string of the molecule is Cc1oc(C(=O)O)cc1CNC1CCCC1. The molecule has 1 fully saturated rings. The second-order valence-corrected chi connectivity index (χ2v) is 4.36. The molecule has 4 heteroatoms. The van der Waals surface area contributed by atoms with E-state index in [1.807, 2.05) is 0 Å². The zero-order valence-corrected chi connectivity index (χ0v) is 9.45. The van der Waals surface area contributed by atoms with Crippen molar-refractivity contribution < 1.29 is 14.3 Å². The smallest absolute Gasteiger partial charge is 0.371 e. The average molecular weight is 223 g/mol. The van der Waals surface area contributed by atoms with E-state index in [9.17, 15) is 4.79 Å². The van der Waals surface area contributed by atoms with Crippen LogP contribution in [0, 0.1) is 6.92 Å². The first kappa shape index (κ1) is 11.2. The fourth-order valence-corrected chi connectivity index (χ4v) is 2.18. The summed E-state index contributed by atoms with van der Waals surface area (Å²) >= 11 is 0. The third-order valence-electron chi connectivity index (χ3n) is 3.17. The van der Waals surface area contributed by atoms with E-state index < -0.39 is 5.97 Å². The van der Waals surface area contributed by atoms with Crippen molar-refractivity contribution in [3.8, 4) is 0 Å². The van der Waals surface area contributed by atoms with Gasteiger partial charge in [-0.1, -0.05) is 12.8 Å². The van der Waals surface area contributed by atoms with Crippen molar-refractivity contribution in [2.45, 2.75) is 45.2 Å². The topological polar surface area (TPSA) is 62.5 Å². The first-order valence-electron chi connectivity index (χ1n) is 5.73. The molecule has 0 aliphatic heterocycles. The highest BCUT2D eigenvalue weighted by Crippen LogP contribution is 2.19. The van der Waals surface area contributed by atoms with Crippen molar-refractivity contribution in [2.24, 2.45) is 0 Å². The number of furan rings is 1. The Balaban J connectivity index is 1.95. The van der Waals surface area contributed by atoms with Crippen LogP contribution in [0.3, 0.4) is 0 Å². The van der Waals surface area contributed by atoms with Crippen molar-refractivity contribution in [1.82, 2.24) is 5.32 Å². The molecule has 88 valence electrons. The van der Waals surface area contributed by atoms with E-state index in [0.29, 0.717) is 18.3 Å². The predicted molar refractivity (Wildman–Crippen MR) is 59.5 cm³/mol. The molecule has 0 atom stereocenters. The van der Waals surface area contributed by atoms with E-state index >= 15 is 0 Å². The quantitative estimate of drug-likeness (QED) is 0.822. The Hall–Kier alpha value is -1.29. The molecule has 2 rings (SSSR count). The summed E-state index contributed by atoms with van der Waals surface area (Å²) in [5.41, 5.74) is 0.948. The van der Waals surface area contributed by atoms with Crippen LogP contribution in [0.25, 0.3) is 0 Å². The fourth-order valence-electron chi connectivity index (χ4n) is 2.18. The number of carboxylic acids is 1. The van der Waals surface area contributed by atoms with E-state index in [1.54, 1.807) is 13.0 Å². The molecular formula is C12H17NO3. The van der Waals surface area contributed by atoms with Gasteiger partial charge in [-0.15, -0.1) is 0 Å². The van der Waals surface area contributed by atoms with Gasteiger partial charge in [0.2, 0.25) is 5.76 Å². The molecule has 0 aromatic carbocycles. The summed E-state index contributed by atoms with van der Waals surface area (Å²) < 4.78 is 5.15. The van der Waals surface area contributed by atoms with Gasteiger partial charge in [-0.25, -0.2) is 4.79 Å². The van der Waals surface area contributed by atoms with Crippen LogP contribution in [-0.2, 0) is 6.54 Å². The summed E-state index contributed by atoms with van der Waals surface area (Å²) in [5, 5.41) is 12.2. The monoisotopic (exact) mass is 223 g/mol. The molecule has 1 aromatic heterocycles. The molecule has 4 nitrogen and oxygen atoms in total. The highest BCUT2D eigenvalue weighted by Gasteiger charge is 2.16. The molecule has 1 saturated carbocycles. The number of nitrogens with one attached hydrogen (secondary N) is 1. The van der Waals surface area contributed by atoms with Gasteiger partial charge in [0.1, 0.15) is 5.76 Å². The van der Waals surface area contributed by atoms with Crippen molar-refractivity contribution in [1.29, 1.82) is 0 Å². The van der Waals surface area contributed by atoms with Gasteiger partial charge < -0.3 is 14.8 Å².